The molecule has 92 valence electrons. The second-order valence-corrected chi connectivity index (χ2v) is 4.14. The Balaban J connectivity index is 2.50. The van der Waals surface area contributed by atoms with E-state index in [1.807, 2.05) is 0 Å². The molecular formula is C10H19N3O3. The van der Waals surface area contributed by atoms with E-state index in [-0.39, 0.29) is 11.7 Å². The predicted octanol–water partition coefficient (Wildman–Crippen LogP) is -0.136. The van der Waals surface area contributed by atoms with Gasteiger partial charge in [-0.2, -0.15) is 0 Å². The summed E-state index contributed by atoms with van der Waals surface area (Å²) < 4.78 is 5.06. The van der Waals surface area contributed by atoms with Crippen molar-refractivity contribution in [1.29, 1.82) is 0 Å². The van der Waals surface area contributed by atoms with Gasteiger partial charge in [0, 0.05) is 26.1 Å². The molecule has 0 aliphatic carbocycles. The molecule has 1 amide bonds. The van der Waals surface area contributed by atoms with Gasteiger partial charge in [0.1, 0.15) is 0 Å². The van der Waals surface area contributed by atoms with Gasteiger partial charge >= 0.3 is 0 Å². The number of hydrogen-bond donors (Lipinski definition) is 2. The van der Waals surface area contributed by atoms with Crippen molar-refractivity contribution in [1.82, 2.24) is 4.90 Å². The van der Waals surface area contributed by atoms with Crippen LogP contribution in [0.5, 0.6) is 0 Å². The van der Waals surface area contributed by atoms with Gasteiger partial charge in [0.05, 0.1) is 12.5 Å². The summed E-state index contributed by atoms with van der Waals surface area (Å²) in [5, 5.41) is 11.4. The summed E-state index contributed by atoms with van der Waals surface area (Å²) in [4.78, 5) is 13.7. The van der Waals surface area contributed by atoms with E-state index in [2.05, 4.69) is 5.16 Å². The molecule has 1 aliphatic heterocycles. The maximum absolute atomic E-state index is 11.9. The van der Waals surface area contributed by atoms with Crippen LogP contribution in [-0.4, -0.2) is 48.7 Å². The number of rotatable bonds is 4. The van der Waals surface area contributed by atoms with Crippen molar-refractivity contribution in [2.75, 3.05) is 26.8 Å². The molecule has 2 atom stereocenters. The molecular weight excluding hydrogens is 210 g/mol. The fourth-order valence-corrected chi connectivity index (χ4v) is 1.89. The summed E-state index contributed by atoms with van der Waals surface area (Å²) >= 11 is 0. The summed E-state index contributed by atoms with van der Waals surface area (Å²) in [6, 6.07) is 0. The van der Waals surface area contributed by atoms with Crippen molar-refractivity contribution in [3.63, 3.8) is 0 Å². The molecule has 0 bridgehead atoms. The van der Waals surface area contributed by atoms with Gasteiger partial charge in [-0.1, -0.05) is 5.16 Å². The van der Waals surface area contributed by atoms with Crippen LogP contribution in [0.4, 0.5) is 0 Å². The zero-order chi connectivity index (χ0) is 12.1. The lowest BCUT2D eigenvalue weighted by Gasteiger charge is -2.20. The topological polar surface area (TPSA) is 88.2 Å². The SMILES string of the molecule is COCC1CCN(C(=O)C(C)C(N)=NO)C1. The first kappa shape index (κ1) is 12.8. The third-order valence-corrected chi connectivity index (χ3v) is 2.93. The van der Waals surface area contributed by atoms with Crippen LogP contribution >= 0.6 is 0 Å². The number of amides is 1. The quantitative estimate of drug-likeness (QED) is 0.304. The molecule has 6 nitrogen and oxygen atoms in total. The zero-order valence-corrected chi connectivity index (χ0v) is 9.72. The highest BCUT2D eigenvalue weighted by Gasteiger charge is 2.30. The van der Waals surface area contributed by atoms with Gasteiger partial charge in [-0.25, -0.2) is 0 Å². The van der Waals surface area contributed by atoms with Gasteiger partial charge in [0.25, 0.3) is 0 Å². The van der Waals surface area contributed by atoms with Crippen LogP contribution < -0.4 is 5.73 Å². The summed E-state index contributed by atoms with van der Waals surface area (Å²) in [5.41, 5.74) is 5.41. The van der Waals surface area contributed by atoms with E-state index in [1.54, 1.807) is 18.9 Å². The first-order valence-corrected chi connectivity index (χ1v) is 5.35. The third-order valence-electron chi connectivity index (χ3n) is 2.93. The van der Waals surface area contributed by atoms with E-state index < -0.39 is 5.92 Å². The number of methoxy groups -OCH3 is 1. The first-order chi connectivity index (χ1) is 7.60. The Kier molecular flexibility index (Phi) is 4.54. The van der Waals surface area contributed by atoms with Crippen LogP contribution in [0, 0.1) is 11.8 Å². The van der Waals surface area contributed by atoms with Crippen molar-refractivity contribution in [3.8, 4) is 0 Å². The van der Waals surface area contributed by atoms with Crippen molar-refractivity contribution in [2.45, 2.75) is 13.3 Å². The number of carbonyl (C=O) groups excluding carboxylic acids is 1. The van der Waals surface area contributed by atoms with E-state index >= 15 is 0 Å². The average Bonchev–Trinajstić information content (AvgIpc) is 2.75. The lowest BCUT2D eigenvalue weighted by Crippen LogP contribution is -2.39. The summed E-state index contributed by atoms with van der Waals surface area (Å²) in [6.07, 6.45) is 0.947. The zero-order valence-electron chi connectivity index (χ0n) is 9.72. The predicted molar refractivity (Wildman–Crippen MR) is 59.1 cm³/mol. The van der Waals surface area contributed by atoms with E-state index in [9.17, 15) is 4.79 Å². The van der Waals surface area contributed by atoms with Crippen molar-refractivity contribution < 1.29 is 14.7 Å². The van der Waals surface area contributed by atoms with Crippen LogP contribution in [0.15, 0.2) is 5.16 Å². The summed E-state index contributed by atoms with van der Waals surface area (Å²) in [6.45, 7) is 3.72. The van der Waals surface area contributed by atoms with Gasteiger partial charge in [-0.05, 0) is 13.3 Å². The molecule has 2 unspecified atom stereocenters. The Morgan fingerprint density at radius 2 is 2.44 bits per heavy atom. The maximum Gasteiger partial charge on any atom is 0.233 e. The van der Waals surface area contributed by atoms with Crippen LogP contribution in [-0.2, 0) is 9.53 Å². The molecule has 1 rings (SSSR count). The van der Waals surface area contributed by atoms with E-state index in [1.165, 1.54) is 0 Å². The average molecular weight is 229 g/mol. The molecule has 3 N–H and O–H groups in total. The summed E-state index contributed by atoms with van der Waals surface area (Å²) in [5.74, 6) is -0.297. The Hall–Kier alpha value is -1.30. The van der Waals surface area contributed by atoms with Gasteiger partial charge < -0.3 is 20.6 Å². The fourth-order valence-electron chi connectivity index (χ4n) is 1.89. The highest BCUT2D eigenvalue weighted by molar-refractivity contribution is 6.01. The first-order valence-electron chi connectivity index (χ1n) is 5.35. The number of ether oxygens (including phenoxy) is 1. The van der Waals surface area contributed by atoms with Gasteiger partial charge in [0.15, 0.2) is 5.84 Å². The molecule has 0 aromatic carbocycles. The molecule has 1 saturated heterocycles. The molecule has 6 heteroatoms. The van der Waals surface area contributed by atoms with E-state index in [4.69, 9.17) is 15.7 Å². The van der Waals surface area contributed by atoms with Crippen LogP contribution in [0.3, 0.4) is 0 Å². The number of oxime groups is 1. The third kappa shape index (κ3) is 2.85. The highest BCUT2D eigenvalue weighted by Crippen LogP contribution is 2.18. The highest BCUT2D eigenvalue weighted by atomic mass is 16.5. The second kappa shape index (κ2) is 5.69. The molecule has 16 heavy (non-hydrogen) atoms. The minimum Gasteiger partial charge on any atom is -0.409 e. The molecule has 0 aromatic heterocycles. The Morgan fingerprint density at radius 1 is 1.75 bits per heavy atom. The molecule has 0 spiro atoms. The Labute approximate surface area is 95.0 Å². The normalized spacial score (nSPS) is 23.5. The minimum atomic E-state index is -0.564. The van der Waals surface area contributed by atoms with Gasteiger partial charge in [-0.15, -0.1) is 0 Å². The number of likely N-dealkylation sites (tertiary alicyclic amines) is 1. The monoisotopic (exact) mass is 229 g/mol. The fraction of sp³-hybridized carbons (Fsp3) is 0.800. The second-order valence-electron chi connectivity index (χ2n) is 4.14. The molecule has 0 saturated carbocycles. The van der Waals surface area contributed by atoms with Crippen LogP contribution in [0.2, 0.25) is 0 Å². The number of carbonyl (C=O) groups is 1. The Bertz CT molecular complexity index is 280. The molecule has 1 heterocycles. The van der Waals surface area contributed by atoms with Gasteiger partial charge in [-0.3, -0.25) is 4.79 Å². The Morgan fingerprint density at radius 3 is 3.00 bits per heavy atom. The van der Waals surface area contributed by atoms with E-state index in [0.717, 1.165) is 13.0 Å². The summed E-state index contributed by atoms with van der Waals surface area (Å²) in [7, 11) is 1.66. The van der Waals surface area contributed by atoms with Crippen LogP contribution in [0.1, 0.15) is 13.3 Å². The molecule has 1 aliphatic rings. The van der Waals surface area contributed by atoms with Crippen LogP contribution in [0.25, 0.3) is 0 Å². The lowest BCUT2D eigenvalue weighted by atomic mass is 10.1. The number of nitrogens with zero attached hydrogens (tertiary/aromatic N) is 2. The number of amidine groups is 1. The molecule has 0 aromatic rings. The lowest BCUT2D eigenvalue weighted by molar-refractivity contribution is -0.132. The van der Waals surface area contributed by atoms with Crippen molar-refractivity contribution >= 4 is 11.7 Å². The molecule has 1 fully saturated rings. The van der Waals surface area contributed by atoms with Gasteiger partial charge in [0.2, 0.25) is 5.91 Å². The minimum absolute atomic E-state index is 0.0415. The largest absolute Gasteiger partial charge is 0.409 e. The number of nitrogens with two attached hydrogens (primary N) is 1. The smallest absolute Gasteiger partial charge is 0.233 e. The molecule has 0 radical (unpaired) electrons. The van der Waals surface area contributed by atoms with Crippen molar-refractivity contribution in [2.24, 2.45) is 22.7 Å². The standard InChI is InChI=1S/C10H19N3O3/c1-7(9(11)12-15)10(14)13-4-3-8(5-13)6-16-2/h7-8,15H,3-6H2,1-2H3,(H2,11,12). The maximum atomic E-state index is 11.9. The van der Waals surface area contributed by atoms with Crippen molar-refractivity contribution in [3.05, 3.63) is 0 Å². The number of hydrogen-bond acceptors (Lipinski definition) is 4. The van der Waals surface area contributed by atoms with E-state index in [0.29, 0.717) is 19.1 Å².